The first-order valence-electron chi connectivity index (χ1n) is 6.11. The largest absolute Gasteiger partial charge is 0.481 e. The van der Waals surface area contributed by atoms with Crippen molar-refractivity contribution < 1.29 is 19.5 Å². The average Bonchev–Trinajstić information content (AvgIpc) is 2.07. The summed E-state index contributed by atoms with van der Waals surface area (Å²) in [4.78, 5) is 33.6. The van der Waals surface area contributed by atoms with Gasteiger partial charge in [-0.1, -0.05) is 13.8 Å². The van der Waals surface area contributed by atoms with Crippen LogP contribution in [0.2, 0.25) is 0 Å². The standard InChI is InChI=1S/C12H20N2O4/c1-12(2,7-10(16)17)6-9(15)14-11(18)13-8-4-3-5-8/h8H,3-7H2,1-2H3,(H,16,17)(H2,13,14,15,18). The molecule has 0 aliphatic heterocycles. The van der Waals surface area contributed by atoms with Gasteiger partial charge in [-0.25, -0.2) is 4.79 Å². The van der Waals surface area contributed by atoms with E-state index in [-0.39, 0.29) is 18.9 Å². The Morgan fingerprint density at radius 3 is 2.28 bits per heavy atom. The van der Waals surface area contributed by atoms with E-state index >= 15 is 0 Å². The highest BCUT2D eigenvalue weighted by molar-refractivity contribution is 5.94. The topological polar surface area (TPSA) is 95.5 Å². The smallest absolute Gasteiger partial charge is 0.321 e. The molecule has 0 spiro atoms. The molecule has 6 heteroatoms. The number of carbonyl (C=O) groups excluding carboxylic acids is 2. The van der Waals surface area contributed by atoms with Crippen molar-refractivity contribution in [2.45, 2.75) is 52.0 Å². The molecule has 1 rings (SSSR count). The highest BCUT2D eigenvalue weighted by Gasteiger charge is 2.26. The second-order valence-electron chi connectivity index (χ2n) is 5.56. The van der Waals surface area contributed by atoms with Crippen LogP contribution in [0.1, 0.15) is 46.0 Å². The van der Waals surface area contributed by atoms with E-state index in [2.05, 4.69) is 10.6 Å². The van der Waals surface area contributed by atoms with Gasteiger partial charge in [-0.3, -0.25) is 14.9 Å². The van der Waals surface area contributed by atoms with Crippen LogP contribution < -0.4 is 10.6 Å². The molecule has 0 heterocycles. The summed E-state index contributed by atoms with van der Waals surface area (Å²) in [7, 11) is 0. The molecule has 0 unspecified atom stereocenters. The fraction of sp³-hybridized carbons (Fsp3) is 0.750. The maximum atomic E-state index is 11.6. The summed E-state index contributed by atoms with van der Waals surface area (Å²) in [6.07, 6.45) is 2.91. The van der Waals surface area contributed by atoms with Crippen molar-refractivity contribution in [3.63, 3.8) is 0 Å². The van der Waals surface area contributed by atoms with Gasteiger partial charge in [0.2, 0.25) is 5.91 Å². The number of imide groups is 1. The first-order chi connectivity index (χ1) is 8.28. The molecule has 0 aromatic heterocycles. The van der Waals surface area contributed by atoms with Gasteiger partial charge in [0.25, 0.3) is 0 Å². The third-order valence-corrected chi connectivity index (χ3v) is 2.96. The molecule has 0 atom stereocenters. The van der Waals surface area contributed by atoms with Gasteiger partial charge in [-0.2, -0.15) is 0 Å². The zero-order chi connectivity index (χ0) is 13.8. The number of amides is 3. The lowest BCUT2D eigenvalue weighted by Crippen LogP contribution is -2.47. The average molecular weight is 256 g/mol. The number of carbonyl (C=O) groups is 3. The summed E-state index contributed by atoms with van der Waals surface area (Å²) in [5, 5.41) is 13.6. The third-order valence-electron chi connectivity index (χ3n) is 2.96. The van der Waals surface area contributed by atoms with E-state index in [1.54, 1.807) is 13.8 Å². The molecule has 18 heavy (non-hydrogen) atoms. The molecule has 3 amide bonds. The van der Waals surface area contributed by atoms with Gasteiger partial charge in [0.15, 0.2) is 0 Å². The lowest BCUT2D eigenvalue weighted by molar-refractivity contribution is -0.139. The summed E-state index contributed by atoms with van der Waals surface area (Å²) >= 11 is 0. The number of carboxylic acid groups (broad SMARTS) is 1. The van der Waals surface area contributed by atoms with Gasteiger partial charge in [-0.15, -0.1) is 0 Å². The number of urea groups is 1. The van der Waals surface area contributed by atoms with E-state index in [0.29, 0.717) is 0 Å². The Kier molecular flexibility index (Phi) is 4.69. The number of hydrogen-bond donors (Lipinski definition) is 3. The zero-order valence-electron chi connectivity index (χ0n) is 10.8. The molecular weight excluding hydrogens is 236 g/mol. The monoisotopic (exact) mass is 256 g/mol. The second kappa shape index (κ2) is 5.84. The minimum absolute atomic E-state index is 0.0113. The van der Waals surface area contributed by atoms with Gasteiger partial charge in [0, 0.05) is 12.5 Å². The van der Waals surface area contributed by atoms with Crippen LogP contribution >= 0.6 is 0 Å². The Morgan fingerprint density at radius 1 is 1.22 bits per heavy atom. The molecule has 0 bridgehead atoms. The highest BCUT2D eigenvalue weighted by Crippen LogP contribution is 2.24. The number of hydrogen-bond acceptors (Lipinski definition) is 3. The van der Waals surface area contributed by atoms with E-state index in [0.717, 1.165) is 19.3 Å². The van der Waals surface area contributed by atoms with Crippen molar-refractivity contribution in [2.75, 3.05) is 0 Å². The van der Waals surface area contributed by atoms with Crippen LogP contribution in [0, 0.1) is 5.41 Å². The number of aliphatic carboxylic acids is 1. The molecule has 6 nitrogen and oxygen atoms in total. The molecule has 0 aromatic carbocycles. The molecule has 1 aliphatic carbocycles. The SMILES string of the molecule is CC(C)(CC(=O)O)CC(=O)NC(=O)NC1CCC1. The molecule has 3 N–H and O–H groups in total. The summed E-state index contributed by atoms with van der Waals surface area (Å²) in [6.45, 7) is 3.37. The van der Waals surface area contributed by atoms with E-state index in [1.807, 2.05) is 0 Å². The molecular formula is C12H20N2O4. The normalized spacial score (nSPS) is 15.7. The second-order valence-corrected chi connectivity index (χ2v) is 5.56. The van der Waals surface area contributed by atoms with Gasteiger partial charge < -0.3 is 10.4 Å². The molecule has 1 fully saturated rings. The van der Waals surface area contributed by atoms with Gasteiger partial charge in [-0.05, 0) is 24.7 Å². The predicted molar refractivity (Wildman–Crippen MR) is 65.0 cm³/mol. The van der Waals surface area contributed by atoms with Crippen LogP contribution in [0.3, 0.4) is 0 Å². The molecule has 1 saturated carbocycles. The zero-order valence-corrected chi connectivity index (χ0v) is 10.8. The molecule has 0 radical (unpaired) electrons. The summed E-state index contributed by atoms with van der Waals surface area (Å²) in [5.41, 5.74) is -0.660. The maximum absolute atomic E-state index is 11.6. The quantitative estimate of drug-likeness (QED) is 0.690. The van der Waals surface area contributed by atoms with Crippen LogP contribution in [-0.2, 0) is 9.59 Å². The summed E-state index contributed by atoms with van der Waals surface area (Å²) < 4.78 is 0. The van der Waals surface area contributed by atoms with Crippen molar-refractivity contribution in [3.8, 4) is 0 Å². The van der Waals surface area contributed by atoms with Crippen LogP contribution in [0.4, 0.5) is 4.79 Å². The van der Waals surface area contributed by atoms with Crippen molar-refractivity contribution in [2.24, 2.45) is 5.41 Å². The highest BCUT2D eigenvalue weighted by atomic mass is 16.4. The lowest BCUT2D eigenvalue weighted by atomic mass is 9.85. The van der Waals surface area contributed by atoms with Crippen LogP contribution in [0.15, 0.2) is 0 Å². The van der Waals surface area contributed by atoms with E-state index in [4.69, 9.17) is 5.11 Å². The minimum Gasteiger partial charge on any atom is -0.481 e. The first kappa shape index (κ1) is 14.5. The van der Waals surface area contributed by atoms with Gasteiger partial charge >= 0.3 is 12.0 Å². The Bertz CT molecular complexity index is 348. The minimum atomic E-state index is -0.952. The first-order valence-corrected chi connectivity index (χ1v) is 6.11. The Morgan fingerprint density at radius 2 is 1.83 bits per heavy atom. The molecule has 0 saturated heterocycles. The maximum Gasteiger partial charge on any atom is 0.321 e. The van der Waals surface area contributed by atoms with E-state index < -0.39 is 23.3 Å². The van der Waals surface area contributed by atoms with Crippen molar-refractivity contribution in [1.29, 1.82) is 0 Å². The molecule has 0 aromatic rings. The van der Waals surface area contributed by atoms with Gasteiger partial charge in [0.1, 0.15) is 0 Å². The number of rotatable bonds is 5. The third kappa shape index (κ3) is 5.16. The van der Waals surface area contributed by atoms with Crippen molar-refractivity contribution in [3.05, 3.63) is 0 Å². The van der Waals surface area contributed by atoms with E-state index in [9.17, 15) is 14.4 Å². The lowest BCUT2D eigenvalue weighted by Gasteiger charge is -2.26. The summed E-state index contributed by atoms with van der Waals surface area (Å²) in [5.74, 6) is -1.40. The predicted octanol–water partition coefficient (Wildman–Crippen LogP) is 1.26. The molecule has 1 aliphatic rings. The fourth-order valence-corrected chi connectivity index (χ4v) is 1.85. The number of nitrogens with one attached hydrogen (secondary N) is 2. The summed E-state index contributed by atoms with van der Waals surface area (Å²) in [6, 6.07) is -0.319. The van der Waals surface area contributed by atoms with E-state index in [1.165, 1.54) is 0 Å². The van der Waals surface area contributed by atoms with Crippen molar-refractivity contribution in [1.82, 2.24) is 10.6 Å². The Labute approximate surface area is 106 Å². The number of carboxylic acids is 1. The van der Waals surface area contributed by atoms with Crippen LogP contribution in [0.5, 0.6) is 0 Å². The van der Waals surface area contributed by atoms with Gasteiger partial charge in [0.05, 0.1) is 6.42 Å². The Balaban J connectivity index is 2.31. The fourth-order valence-electron chi connectivity index (χ4n) is 1.85. The van der Waals surface area contributed by atoms with Crippen molar-refractivity contribution >= 4 is 17.9 Å². The van der Waals surface area contributed by atoms with Crippen LogP contribution in [0.25, 0.3) is 0 Å². The molecule has 102 valence electrons. The van der Waals surface area contributed by atoms with Crippen LogP contribution in [-0.4, -0.2) is 29.1 Å². The Hall–Kier alpha value is -1.59.